The van der Waals surface area contributed by atoms with Crippen molar-refractivity contribution in [1.29, 1.82) is 0 Å². The van der Waals surface area contributed by atoms with E-state index >= 15 is 0 Å². The average molecular weight is 396 g/mol. The average Bonchev–Trinajstić information content (AvgIpc) is 3.00. The number of likely N-dealkylation sites (tertiary alicyclic amines) is 1. The lowest BCUT2D eigenvalue weighted by Gasteiger charge is -2.38. The lowest BCUT2D eigenvalue weighted by Crippen LogP contribution is -2.58. The van der Waals surface area contributed by atoms with Crippen molar-refractivity contribution in [2.24, 2.45) is 11.3 Å². The number of nitrogens with zero attached hydrogens (tertiary/aromatic N) is 2. The normalized spacial score (nSPS) is 20.8. The maximum absolute atomic E-state index is 13.3. The van der Waals surface area contributed by atoms with E-state index in [1.165, 1.54) is 6.92 Å². The molecule has 0 aromatic carbocycles. The Morgan fingerprint density at radius 3 is 2.21 bits per heavy atom. The van der Waals surface area contributed by atoms with Crippen LogP contribution >= 0.6 is 0 Å². The van der Waals surface area contributed by atoms with Gasteiger partial charge in [-0.25, -0.2) is 4.79 Å². The van der Waals surface area contributed by atoms with Crippen LogP contribution in [0.25, 0.3) is 0 Å². The molecule has 0 aromatic rings. The van der Waals surface area contributed by atoms with Gasteiger partial charge in [-0.1, -0.05) is 40.7 Å². The molecule has 1 fully saturated rings. The van der Waals surface area contributed by atoms with Crippen molar-refractivity contribution in [1.82, 2.24) is 15.1 Å². The van der Waals surface area contributed by atoms with Gasteiger partial charge in [0, 0.05) is 12.6 Å². The van der Waals surface area contributed by atoms with Crippen LogP contribution in [0.3, 0.4) is 0 Å². The molecule has 1 heterocycles. The van der Waals surface area contributed by atoms with Gasteiger partial charge in [0.2, 0.25) is 11.8 Å². The molecule has 1 saturated heterocycles. The third-order valence-corrected chi connectivity index (χ3v) is 5.46. The summed E-state index contributed by atoms with van der Waals surface area (Å²) in [4.78, 5) is 40.9. The molecule has 0 bridgehead atoms. The highest BCUT2D eigenvalue weighted by atomic mass is 16.4. The number of likely N-dealkylation sites (N-methyl/N-ethyl adjacent to an activating group) is 2. The Bertz CT molecular complexity index is 622. The van der Waals surface area contributed by atoms with Crippen LogP contribution in [-0.2, 0) is 14.4 Å². The van der Waals surface area contributed by atoms with Gasteiger partial charge in [-0.3, -0.25) is 14.5 Å². The fraction of sp³-hybridized carbons (Fsp3) is 0.762. The molecule has 2 amide bonds. The van der Waals surface area contributed by atoms with Crippen molar-refractivity contribution in [3.8, 4) is 0 Å². The van der Waals surface area contributed by atoms with Gasteiger partial charge in [-0.2, -0.15) is 0 Å². The number of carbonyl (C=O) groups is 3. The Balaban J connectivity index is 3.09. The molecule has 28 heavy (non-hydrogen) atoms. The Kier molecular flexibility index (Phi) is 8.23. The third kappa shape index (κ3) is 6.06. The molecule has 0 radical (unpaired) electrons. The minimum absolute atomic E-state index is 0.0283. The van der Waals surface area contributed by atoms with Crippen LogP contribution in [0, 0.1) is 11.3 Å². The lowest BCUT2D eigenvalue weighted by molar-refractivity contribution is -0.141. The second-order valence-corrected chi connectivity index (χ2v) is 9.28. The fourth-order valence-corrected chi connectivity index (χ4v) is 3.56. The van der Waals surface area contributed by atoms with Crippen LogP contribution in [0.15, 0.2) is 11.6 Å². The fourth-order valence-electron chi connectivity index (χ4n) is 3.56. The van der Waals surface area contributed by atoms with Gasteiger partial charge in [-0.05, 0) is 44.7 Å². The summed E-state index contributed by atoms with van der Waals surface area (Å²) in [7, 11) is 3.59. The van der Waals surface area contributed by atoms with E-state index in [1.54, 1.807) is 18.0 Å². The van der Waals surface area contributed by atoms with Gasteiger partial charge in [-0.15, -0.1) is 0 Å². The number of carboxylic acids is 1. The molecule has 0 aromatic heterocycles. The molecular weight excluding hydrogens is 358 g/mol. The number of carbonyl (C=O) groups excluding carboxylic acids is 2. The maximum atomic E-state index is 13.3. The molecule has 1 aliphatic heterocycles. The smallest absolute Gasteiger partial charge is 0.331 e. The number of hydrogen-bond donors (Lipinski definition) is 2. The quantitative estimate of drug-likeness (QED) is 0.645. The van der Waals surface area contributed by atoms with Gasteiger partial charge < -0.3 is 15.3 Å². The van der Waals surface area contributed by atoms with Crippen LogP contribution in [-0.4, -0.2) is 71.5 Å². The summed E-state index contributed by atoms with van der Waals surface area (Å²) in [5, 5.41) is 12.2. The zero-order chi connectivity index (χ0) is 21.8. The van der Waals surface area contributed by atoms with Crippen LogP contribution < -0.4 is 5.32 Å². The zero-order valence-electron chi connectivity index (χ0n) is 18.6. The number of nitrogens with one attached hydrogen (secondary N) is 1. The number of aliphatic carboxylic acids is 1. The molecule has 7 nitrogen and oxygen atoms in total. The first-order valence-corrected chi connectivity index (χ1v) is 9.96. The Labute approximate surface area is 169 Å². The monoisotopic (exact) mass is 395 g/mol. The molecule has 3 atom stereocenters. The van der Waals surface area contributed by atoms with E-state index in [0.717, 1.165) is 19.4 Å². The van der Waals surface area contributed by atoms with Gasteiger partial charge in [0.25, 0.3) is 0 Å². The summed E-state index contributed by atoms with van der Waals surface area (Å²) in [6.07, 6.45) is 3.37. The Hall–Kier alpha value is -1.89. The predicted molar refractivity (Wildman–Crippen MR) is 110 cm³/mol. The van der Waals surface area contributed by atoms with Gasteiger partial charge >= 0.3 is 5.97 Å². The van der Waals surface area contributed by atoms with Gasteiger partial charge in [0.05, 0.1) is 12.1 Å². The van der Waals surface area contributed by atoms with E-state index in [-0.39, 0.29) is 35.4 Å². The highest BCUT2D eigenvalue weighted by Gasteiger charge is 2.39. The highest BCUT2D eigenvalue weighted by molar-refractivity contribution is 5.91. The molecule has 0 aliphatic carbocycles. The highest BCUT2D eigenvalue weighted by Crippen LogP contribution is 2.25. The summed E-state index contributed by atoms with van der Waals surface area (Å²) >= 11 is 0. The summed E-state index contributed by atoms with van der Waals surface area (Å²) < 4.78 is 0. The maximum Gasteiger partial charge on any atom is 0.331 e. The molecule has 160 valence electrons. The first-order valence-electron chi connectivity index (χ1n) is 9.96. The van der Waals surface area contributed by atoms with E-state index < -0.39 is 17.4 Å². The summed E-state index contributed by atoms with van der Waals surface area (Å²) in [6, 6.07) is -1.28. The van der Waals surface area contributed by atoms with Crippen molar-refractivity contribution in [3.05, 3.63) is 11.6 Å². The molecule has 0 spiro atoms. The minimum Gasteiger partial charge on any atom is -0.478 e. The van der Waals surface area contributed by atoms with E-state index in [4.69, 9.17) is 0 Å². The first-order chi connectivity index (χ1) is 12.8. The van der Waals surface area contributed by atoms with Crippen molar-refractivity contribution >= 4 is 17.8 Å². The molecule has 2 N–H and O–H groups in total. The van der Waals surface area contributed by atoms with E-state index in [0.29, 0.717) is 0 Å². The SMILES string of the molecule is C/C(=C\[C@H](C(C)C)N(C)C(=O)[C@@H](NC(=O)C1CCCN1C)C(C)(C)C)C(=O)O. The van der Waals surface area contributed by atoms with E-state index in [2.05, 4.69) is 5.32 Å². The molecule has 1 rings (SSSR count). The van der Waals surface area contributed by atoms with Crippen LogP contribution in [0.5, 0.6) is 0 Å². The van der Waals surface area contributed by atoms with E-state index in [1.807, 2.05) is 46.6 Å². The number of carboxylic acid groups (broad SMARTS) is 1. The van der Waals surface area contributed by atoms with Gasteiger partial charge in [0.15, 0.2) is 0 Å². The first kappa shape index (κ1) is 24.1. The van der Waals surface area contributed by atoms with Crippen LogP contribution in [0.4, 0.5) is 0 Å². The number of hydrogen-bond acceptors (Lipinski definition) is 4. The van der Waals surface area contributed by atoms with Crippen molar-refractivity contribution in [3.63, 3.8) is 0 Å². The summed E-state index contributed by atoms with van der Waals surface area (Å²) in [6.45, 7) is 12.0. The zero-order valence-corrected chi connectivity index (χ0v) is 18.6. The van der Waals surface area contributed by atoms with Gasteiger partial charge in [0.1, 0.15) is 6.04 Å². The third-order valence-electron chi connectivity index (χ3n) is 5.46. The van der Waals surface area contributed by atoms with E-state index in [9.17, 15) is 19.5 Å². The Morgan fingerprint density at radius 2 is 1.82 bits per heavy atom. The lowest BCUT2D eigenvalue weighted by atomic mass is 9.85. The molecule has 1 aliphatic rings. The van der Waals surface area contributed by atoms with Crippen LogP contribution in [0.1, 0.15) is 54.4 Å². The van der Waals surface area contributed by atoms with Crippen molar-refractivity contribution < 1.29 is 19.5 Å². The topological polar surface area (TPSA) is 90.0 Å². The summed E-state index contributed by atoms with van der Waals surface area (Å²) in [5.74, 6) is -1.31. The number of rotatable bonds is 7. The predicted octanol–water partition coefficient (Wildman–Crippen LogP) is 2.13. The molecule has 0 saturated carbocycles. The minimum atomic E-state index is -1.00. The molecule has 1 unspecified atom stereocenters. The van der Waals surface area contributed by atoms with Crippen molar-refractivity contribution in [2.45, 2.75) is 72.5 Å². The van der Waals surface area contributed by atoms with Crippen molar-refractivity contribution in [2.75, 3.05) is 20.6 Å². The largest absolute Gasteiger partial charge is 0.478 e. The number of amides is 2. The second kappa shape index (κ2) is 9.54. The molecule has 7 heteroatoms. The second-order valence-electron chi connectivity index (χ2n) is 9.28. The standard InChI is InChI=1S/C21H37N3O4/c1-13(2)16(12-14(3)20(27)28)24(8)19(26)17(21(4,5)6)22-18(25)15-10-9-11-23(15)7/h12-13,15-17H,9-11H2,1-8H3,(H,22,25)(H,27,28)/b14-12+/t15?,16-,17-/m1/s1. The molecular formula is C21H37N3O4. The Morgan fingerprint density at radius 1 is 1.25 bits per heavy atom. The summed E-state index contributed by atoms with van der Waals surface area (Å²) in [5.41, 5.74) is -0.284. The van der Waals surface area contributed by atoms with Crippen LogP contribution in [0.2, 0.25) is 0 Å².